The van der Waals surface area contributed by atoms with Gasteiger partial charge in [-0.15, -0.1) is 0 Å². The average Bonchev–Trinajstić information content (AvgIpc) is 2.37. The van der Waals surface area contributed by atoms with Gasteiger partial charge in [0, 0.05) is 6.61 Å². The van der Waals surface area contributed by atoms with E-state index < -0.39 is 0 Å². The third-order valence-corrected chi connectivity index (χ3v) is 2.44. The second-order valence-corrected chi connectivity index (χ2v) is 3.99. The van der Waals surface area contributed by atoms with Crippen LogP contribution in [0.1, 0.15) is 18.9 Å². The zero-order valence-electron chi connectivity index (χ0n) is 10.0. The topological polar surface area (TPSA) is 46.5 Å². The molecule has 0 saturated heterocycles. The normalized spacial score (nSPS) is 12.6. The van der Waals surface area contributed by atoms with Crippen LogP contribution in [-0.2, 0) is 4.79 Å². The molecule has 1 aromatic rings. The first-order valence-corrected chi connectivity index (χ1v) is 5.72. The molecule has 3 nitrogen and oxygen atoms in total. The Morgan fingerprint density at radius 1 is 1.35 bits per heavy atom. The predicted molar refractivity (Wildman–Crippen MR) is 67.9 cm³/mol. The fraction of sp³-hybridized carbons (Fsp3) is 0.357. The summed E-state index contributed by atoms with van der Waals surface area (Å²) in [6.45, 7) is 2.78. The van der Waals surface area contributed by atoms with Gasteiger partial charge in [-0.3, -0.25) is 4.79 Å². The lowest BCUT2D eigenvalue weighted by Crippen LogP contribution is -2.07. The Labute approximate surface area is 102 Å². The smallest absolute Gasteiger partial charge is 0.142 e. The van der Waals surface area contributed by atoms with Gasteiger partial charge in [0.05, 0.1) is 6.61 Å². The standard InChI is InChI=1S/C14H18O3/c1-12(11-16)8-10-17-14-6-4-13(5-7-14)3-2-9-15/h2-7,9,12,16H,8,10-11H2,1H3/t12-/m0/s1. The molecular weight excluding hydrogens is 216 g/mol. The maximum atomic E-state index is 10.1. The molecule has 0 aromatic heterocycles. The third kappa shape index (κ3) is 5.31. The Hall–Kier alpha value is -1.61. The molecule has 0 radical (unpaired) electrons. The number of carbonyl (C=O) groups excluding carboxylic acids is 1. The van der Waals surface area contributed by atoms with Gasteiger partial charge in [-0.25, -0.2) is 0 Å². The highest BCUT2D eigenvalue weighted by Crippen LogP contribution is 2.14. The summed E-state index contributed by atoms with van der Waals surface area (Å²) in [5, 5.41) is 8.86. The number of hydrogen-bond donors (Lipinski definition) is 1. The van der Waals surface area contributed by atoms with Crippen LogP contribution in [0.5, 0.6) is 5.75 Å². The fourth-order valence-electron chi connectivity index (χ4n) is 1.29. The van der Waals surface area contributed by atoms with Crippen LogP contribution in [0, 0.1) is 5.92 Å². The van der Waals surface area contributed by atoms with Gasteiger partial charge in [-0.05, 0) is 36.1 Å². The lowest BCUT2D eigenvalue weighted by molar-refractivity contribution is -0.104. The predicted octanol–water partition coefficient (Wildman–Crippen LogP) is 2.30. The van der Waals surface area contributed by atoms with Crippen molar-refractivity contribution in [1.29, 1.82) is 0 Å². The van der Waals surface area contributed by atoms with Crippen LogP contribution in [0.2, 0.25) is 0 Å². The van der Waals surface area contributed by atoms with E-state index in [-0.39, 0.29) is 12.5 Å². The van der Waals surface area contributed by atoms with Crippen molar-refractivity contribution >= 4 is 12.4 Å². The minimum Gasteiger partial charge on any atom is -0.494 e. The van der Waals surface area contributed by atoms with Crippen molar-refractivity contribution in [2.45, 2.75) is 13.3 Å². The molecule has 0 aliphatic rings. The molecule has 0 amide bonds. The van der Waals surface area contributed by atoms with Gasteiger partial charge in [0.2, 0.25) is 0 Å². The molecule has 0 heterocycles. The Bertz CT molecular complexity index is 354. The minimum absolute atomic E-state index is 0.193. The summed E-state index contributed by atoms with van der Waals surface area (Å²) in [5.74, 6) is 1.07. The third-order valence-electron chi connectivity index (χ3n) is 2.44. The van der Waals surface area contributed by atoms with Crippen LogP contribution < -0.4 is 4.74 Å². The van der Waals surface area contributed by atoms with Crippen molar-refractivity contribution in [3.8, 4) is 5.75 Å². The molecule has 0 fully saturated rings. The number of carbonyl (C=O) groups is 1. The van der Waals surface area contributed by atoms with Gasteiger partial charge in [-0.1, -0.05) is 25.1 Å². The molecule has 92 valence electrons. The Morgan fingerprint density at radius 2 is 2.06 bits per heavy atom. The lowest BCUT2D eigenvalue weighted by Gasteiger charge is -2.09. The van der Waals surface area contributed by atoms with Gasteiger partial charge >= 0.3 is 0 Å². The molecule has 0 bridgehead atoms. The van der Waals surface area contributed by atoms with Crippen molar-refractivity contribution in [3.63, 3.8) is 0 Å². The zero-order valence-corrected chi connectivity index (χ0v) is 10.0. The molecule has 1 aromatic carbocycles. The zero-order chi connectivity index (χ0) is 12.5. The van der Waals surface area contributed by atoms with Gasteiger partial charge in [0.15, 0.2) is 0 Å². The molecule has 17 heavy (non-hydrogen) atoms. The Morgan fingerprint density at radius 3 is 2.65 bits per heavy atom. The van der Waals surface area contributed by atoms with Crippen molar-refractivity contribution < 1.29 is 14.6 Å². The largest absolute Gasteiger partial charge is 0.494 e. The summed E-state index contributed by atoms with van der Waals surface area (Å²) in [5.41, 5.74) is 0.966. The quantitative estimate of drug-likeness (QED) is 0.581. The van der Waals surface area contributed by atoms with Gasteiger partial charge in [-0.2, -0.15) is 0 Å². The van der Waals surface area contributed by atoms with E-state index in [0.29, 0.717) is 6.61 Å². The highest BCUT2D eigenvalue weighted by atomic mass is 16.5. The first-order valence-electron chi connectivity index (χ1n) is 5.72. The highest BCUT2D eigenvalue weighted by Gasteiger charge is 2.00. The number of aliphatic hydroxyl groups excluding tert-OH is 1. The van der Waals surface area contributed by atoms with Crippen molar-refractivity contribution in [2.24, 2.45) is 5.92 Å². The van der Waals surface area contributed by atoms with Gasteiger partial charge < -0.3 is 9.84 Å². The highest BCUT2D eigenvalue weighted by molar-refractivity contribution is 5.73. The number of ether oxygens (including phenoxy) is 1. The van der Waals surface area contributed by atoms with E-state index in [2.05, 4.69) is 0 Å². The van der Waals surface area contributed by atoms with Crippen LogP contribution >= 0.6 is 0 Å². The summed E-state index contributed by atoms with van der Waals surface area (Å²) < 4.78 is 5.53. The average molecular weight is 234 g/mol. The molecule has 1 N–H and O–H groups in total. The monoisotopic (exact) mass is 234 g/mol. The molecule has 0 aliphatic heterocycles. The van der Waals surface area contributed by atoms with Crippen LogP contribution in [-0.4, -0.2) is 24.6 Å². The van der Waals surface area contributed by atoms with Crippen LogP contribution in [0.15, 0.2) is 30.3 Å². The Kier molecular flexibility index (Phi) is 6.04. The lowest BCUT2D eigenvalue weighted by atomic mass is 10.1. The van der Waals surface area contributed by atoms with Crippen molar-refractivity contribution in [2.75, 3.05) is 13.2 Å². The number of aliphatic hydroxyl groups is 1. The molecule has 0 unspecified atom stereocenters. The van der Waals surface area contributed by atoms with Gasteiger partial charge in [0.1, 0.15) is 12.0 Å². The number of allylic oxidation sites excluding steroid dienone is 1. The van der Waals surface area contributed by atoms with Gasteiger partial charge in [0.25, 0.3) is 0 Å². The molecular formula is C14H18O3. The van der Waals surface area contributed by atoms with Crippen LogP contribution in [0.3, 0.4) is 0 Å². The van der Waals surface area contributed by atoms with Crippen molar-refractivity contribution in [1.82, 2.24) is 0 Å². The van der Waals surface area contributed by atoms with E-state index in [0.717, 1.165) is 24.0 Å². The number of benzene rings is 1. The van der Waals surface area contributed by atoms with E-state index in [1.54, 1.807) is 6.08 Å². The van der Waals surface area contributed by atoms with E-state index in [4.69, 9.17) is 9.84 Å². The van der Waals surface area contributed by atoms with Crippen molar-refractivity contribution in [3.05, 3.63) is 35.9 Å². The molecule has 0 spiro atoms. The van der Waals surface area contributed by atoms with E-state index in [1.165, 1.54) is 6.08 Å². The second-order valence-electron chi connectivity index (χ2n) is 3.99. The first-order chi connectivity index (χ1) is 8.26. The number of rotatable bonds is 7. The summed E-state index contributed by atoms with van der Waals surface area (Å²) >= 11 is 0. The van der Waals surface area contributed by atoms with E-state index in [1.807, 2.05) is 31.2 Å². The molecule has 0 aliphatic carbocycles. The number of aldehydes is 1. The molecule has 1 atom stereocenters. The maximum Gasteiger partial charge on any atom is 0.142 e. The van der Waals surface area contributed by atoms with E-state index in [9.17, 15) is 4.79 Å². The molecule has 0 saturated carbocycles. The van der Waals surface area contributed by atoms with Crippen LogP contribution in [0.4, 0.5) is 0 Å². The summed E-state index contributed by atoms with van der Waals surface area (Å²) in [6, 6.07) is 7.53. The SMILES string of the molecule is C[C@H](CO)CCOc1ccc(C=CC=O)cc1. The summed E-state index contributed by atoms with van der Waals surface area (Å²) in [7, 11) is 0. The Balaban J connectivity index is 2.40. The maximum absolute atomic E-state index is 10.1. The molecule has 1 rings (SSSR count). The summed E-state index contributed by atoms with van der Waals surface area (Å²) in [4.78, 5) is 10.1. The number of hydrogen-bond acceptors (Lipinski definition) is 3. The summed E-state index contributed by atoms with van der Waals surface area (Å²) in [6.07, 6.45) is 4.79. The fourth-order valence-corrected chi connectivity index (χ4v) is 1.29. The minimum atomic E-state index is 0.193. The molecule has 3 heteroatoms. The second kappa shape index (κ2) is 7.63. The van der Waals surface area contributed by atoms with Crippen LogP contribution in [0.25, 0.3) is 6.08 Å². The van der Waals surface area contributed by atoms with E-state index >= 15 is 0 Å². The first kappa shape index (κ1) is 13.5.